The molecule has 0 bridgehead atoms. The quantitative estimate of drug-likeness (QED) is 0.373. The van der Waals surface area contributed by atoms with E-state index < -0.39 is 0 Å². The Labute approximate surface area is 77.8 Å². The van der Waals surface area contributed by atoms with E-state index in [0.717, 1.165) is 13.1 Å². The molecule has 0 radical (unpaired) electrons. The molecule has 4 nitrogen and oxygen atoms in total. The van der Waals surface area contributed by atoms with Gasteiger partial charge in [-0.15, -0.1) is 0 Å². The Balaban J connectivity index is 2.34. The average Bonchev–Trinajstić information content (AvgIpc) is 2.19. The maximum absolute atomic E-state index is 5.41. The van der Waals surface area contributed by atoms with Gasteiger partial charge < -0.3 is 10.1 Å². The van der Waals surface area contributed by atoms with E-state index in [-0.39, 0.29) is 6.10 Å². The van der Waals surface area contributed by atoms with Crippen molar-refractivity contribution in [3.8, 4) is 12.0 Å². The fourth-order valence-corrected chi connectivity index (χ4v) is 0.998. The number of ether oxygens (including phenoxy) is 1. The summed E-state index contributed by atoms with van der Waals surface area (Å²) in [5.74, 6) is 2.70. The third kappa shape index (κ3) is 3.47. The van der Waals surface area contributed by atoms with Crippen molar-refractivity contribution in [2.24, 2.45) is 0 Å². The van der Waals surface area contributed by atoms with Crippen LogP contribution in [0, 0.1) is 12.0 Å². The third-order valence-electron chi connectivity index (χ3n) is 1.65. The first-order chi connectivity index (χ1) is 6.34. The van der Waals surface area contributed by atoms with Crippen LogP contribution in [0.1, 0.15) is 0 Å². The van der Waals surface area contributed by atoms with Crippen molar-refractivity contribution in [2.75, 3.05) is 26.8 Å². The molecule has 0 saturated carbocycles. The minimum atomic E-state index is -0.0401. The third-order valence-corrected chi connectivity index (χ3v) is 1.65. The number of morpholine rings is 1. The Bertz CT molecular complexity index is 223. The lowest BCUT2D eigenvalue weighted by molar-refractivity contribution is -0.209. The summed E-state index contributed by atoms with van der Waals surface area (Å²) in [6, 6.07) is 0. The number of nitrogens with one attached hydrogen (secondary N) is 1. The van der Waals surface area contributed by atoms with E-state index in [1.165, 1.54) is 7.11 Å². The first-order valence-corrected chi connectivity index (χ1v) is 4.06. The molecule has 0 aromatic rings. The summed E-state index contributed by atoms with van der Waals surface area (Å²) in [5.41, 5.74) is 0.698. The van der Waals surface area contributed by atoms with Crippen molar-refractivity contribution in [1.29, 1.82) is 0 Å². The molecule has 1 fully saturated rings. The highest BCUT2D eigenvalue weighted by Crippen LogP contribution is 2.05. The van der Waals surface area contributed by atoms with Crippen molar-refractivity contribution in [3.63, 3.8) is 0 Å². The highest BCUT2D eigenvalue weighted by Gasteiger charge is 2.14. The summed E-state index contributed by atoms with van der Waals surface area (Å²) in [5, 5.41) is 3.18. The Morgan fingerprint density at radius 2 is 2.54 bits per heavy atom. The zero-order valence-corrected chi connectivity index (χ0v) is 7.63. The number of hydrogen-bond donors (Lipinski definition) is 1. The lowest BCUT2D eigenvalue weighted by Gasteiger charge is -2.22. The van der Waals surface area contributed by atoms with E-state index in [4.69, 9.17) is 4.74 Å². The Morgan fingerprint density at radius 3 is 3.15 bits per heavy atom. The lowest BCUT2D eigenvalue weighted by atomic mass is 10.1. The molecule has 1 aliphatic heterocycles. The monoisotopic (exact) mass is 183 g/mol. The molecule has 4 heteroatoms. The SMILES string of the molecule is C=C(C#COOC)C1CNCCO1. The topological polar surface area (TPSA) is 39.7 Å². The first-order valence-electron chi connectivity index (χ1n) is 4.06. The molecule has 1 aliphatic rings. The fraction of sp³-hybridized carbons (Fsp3) is 0.556. The molecule has 0 spiro atoms. The zero-order valence-electron chi connectivity index (χ0n) is 7.63. The predicted octanol–water partition coefficient (Wildman–Crippen LogP) is 0.0699. The summed E-state index contributed by atoms with van der Waals surface area (Å²) >= 11 is 0. The molecule has 1 atom stereocenters. The van der Waals surface area contributed by atoms with Crippen LogP contribution in [-0.4, -0.2) is 32.9 Å². The molecule has 72 valence electrons. The highest BCUT2D eigenvalue weighted by atomic mass is 17.2. The normalized spacial score (nSPS) is 21.5. The van der Waals surface area contributed by atoms with Gasteiger partial charge in [0.05, 0.1) is 13.7 Å². The molecule has 0 aromatic carbocycles. The number of hydrogen-bond acceptors (Lipinski definition) is 4. The van der Waals surface area contributed by atoms with Crippen LogP contribution >= 0.6 is 0 Å². The maximum Gasteiger partial charge on any atom is 0.162 e. The van der Waals surface area contributed by atoms with Crippen LogP contribution in [0.3, 0.4) is 0 Å². The summed E-state index contributed by atoms with van der Waals surface area (Å²) < 4.78 is 5.41. The summed E-state index contributed by atoms with van der Waals surface area (Å²) in [7, 11) is 1.40. The zero-order chi connectivity index (χ0) is 9.52. The van der Waals surface area contributed by atoms with Gasteiger partial charge in [-0.2, -0.15) is 4.89 Å². The van der Waals surface area contributed by atoms with Crippen molar-refractivity contribution >= 4 is 0 Å². The number of rotatable bonds is 2. The van der Waals surface area contributed by atoms with E-state index in [1.54, 1.807) is 0 Å². The van der Waals surface area contributed by atoms with Gasteiger partial charge in [-0.05, 0) is 5.92 Å². The molecule has 0 amide bonds. The Hall–Kier alpha value is -1.02. The van der Waals surface area contributed by atoms with Gasteiger partial charge in [-0.3, -0.25) is 4.89 Å². The minimum Gasteiger partial charge on any atom is -0.370 e. The largest absolute Gasteiger partial charge is 0.370 e. The van der Waals surface area contributed by atoms with E-state index in [9.17, 15) is 0 Å². The molecule has 1 heterocycles. The van der Waals surface area contributed by atoms with Crippen LogP contribution < -0.4 is 5.32 Å². The molecular formula is C9H13NO3. The maximum atomic E-state index is 5.41. The standard InChI is InChI=1S/C9H13NO3/c1-8(3-5-13-11-2)9-7-10-4-6-12-9/h9-10H,1,4,6-7H2,2H3. The van der Waals surface area contributed by atoms with Gasteiger partial charge in [0.2, 0.25) is 0 Å². The molecule has 1 saturated heterocycles. The average molecular weight is 183 g/mol. The van der Waals surface area contributed by atoms with Crippen molar-refractivity contribution in [2.45, 2.75) is 6.10 Å². The van der Waals surface area contributed by atoms with Gasteiger partial charge in [-0.1, -0.05) is 6.58 Å². The van der Waals surface area contributed by atoms with Crippen LogP contribution in [0.15, 0.2) is 12.2 Å². The fourth-order valence-electron chi connectivity index (χ4n) is 0.998. The second kappa shape index (κ2) is 5.60. The molecule has 13 heavy (non-hydrogen) atoms. The van der Waals surface area contributed by atoms with Crippen LogP contribution in [0.25, 0.3) is 0 Å². The van der Waals surface area contributed by atoms with Crippen LogP contribution in [-0.2, 0) is 14.5 Å². The highest BCUT2D eigenvalue weighted by molar-refractivity contribution is 5.28. The Kier molecular flexibility index (Phi) is 4.33. The predicted molar refractivity (Wildman–Crippen MR) is 47.6 cm³/mol. The van der Waals surface area contributed by atoms with Gasteiger partial charge >= 0.3 is 0 Å². The molecule has 1 rings (SSSR count). The lowest BCUT2D eigenvalue weighted by Crippen LogP contribution is -2.39. The van der Waals surface area contributed by atoms with E-state index in [0.29, 0.717) is 12.2 Å². The summed E-state index contributed by atoms with van der Waals surface area (Å²) in [6.45, 7) is 6.10. The van der Waals surface area contributed by atoms with Crippen LogP contribution in [0.2, 0.25) is 0 Å². The van der Waals surface area contributed by atoms with E-state index >= 15 is 0 Å². The van der Waals surface area contributed by atoms with Gasteiger partial charge in [0.1, 0.15) is 6.10 Å². The van der Waals surface area contributed by atoms with Crippen LogP contribution in [0.4, 0.5) is 0 Å². The molecular weight excluding hydrogens is 170 g/mol. The van der Waals surface area contributed by atoms with Gasteiger partial charge in [0.25, 0.3) is 0 Å². The minimum absolute atomic E-state index is 0.0401. The second-order valence-electron chi connectivity index (χ2n) is 2.57. The van der Waals surface area contributed by atoms with Gasteiger partial charge in [-0.25, -0.2) is 0 Å². The summed E-state index contributed by atoms with van der Waals surface area (Å²) in [6.07, 6.45) is 2.31. The molecule has 0 aliphatic carbocycles. The molecule has 0 aromatic heterocycles. The van der Waals surface area contributed by atoms with Gasteiger partial charge in [0.15, 0.2) is 6.11 Å². The van der Waals surface area contributed by atoms with Gasteiger partial charge in [0, 0.05) is 18.7 Å². The van der Waals surface area contributed by atoms with E-state index in [2.05, 4.69) is 33.7 Å². The van der Waals surface area contributed by atoms with E-state index in [1.807, 2.05) is 0 Å². The second-order valence-corrected chi connectivity index (χ2v) is 2.57. The summed E-state index contributed by atoms with van der Waals surface area (Å²) in [4.78, 5) is 8.71. The molecule has 1 unspecified atom stereocenters. The van der Waals surface area contributed by atoms with Crippen molar-refractivity contribution in [3.05, 3.63) is 12.2 Å². The first kappa shape index (κ1) is 10.1. The van der Waals surface area contributed by atoms with Crippen molar-refractivity contribution in [1.82, 2.24) is 5.32 Å². The Morgan fingerprint density at radius 1 is 1.69 bits per heavy atom. The van der Waals surface area contributed by atoms with Crippen LogP contribution in [0.5, 0.6) is 0 Å². The van der Waals surface area contributed by atoms with Crippen molar-refractivity contribution < 1.29 is 14.5 Å². The molecule has 1 N–H and O–H groups in total. The smallest absolute Gasteiger partial charge is 0.162 e.